The quantitative estimate of drug-likeness (QED) is 0.403. The number of anilines is 2. The molecule has 1 aromatic heterocycles. The Hall–Kier alpha value is -3.98. The van der Waals surface area contributed by atoms with Crippen molar-refractivity contribution in [2.45, 2.75) is 19.8 Å². The molecule has 0 saturated carbocycles. The number of thiophene rings is 1. The molecule has 0 radical (unpaired) electrons. The van der Waals surface area contributed by atoms with Crippen molar-refractivity contribution in [2.24, 2.45) is 10.2 Å². The molecule has 0 spiro atoms. The summed E-state index contributed by atoms with van der Waals surface area (Å²) in [5, 5.41) is 29.7. The number of phenols is 1. The van der Waals surface area contributed by atoms with Gasteiger partial charge < -0.3 is 10.2 Å². The first-order valence-corrected chi connectivity index (χ1v) is 10.7. The van der Waals surface area contributed by atoms with E-state index >= 15 is 0 Å². The van der Waals surface area contributed by atoms with Crippen molar-refractivity contribution in [3.63, 3.8) is 0 Å². The van der Waals surface area contributed by atoms with Crippen LogP contribution in [0.5, 0.6) is 5.75 Å². The highest BCUT2D eigenvalue weighted by Gasteiger charge is 2.31. The molecule has 5 rings (SSSR count). The SMILES string of the molecule is CC1=NN(c2ccc3c(c2)CC3)C(=O)C1=NNc1cccc(-c2ccc(C(=O)O)s2)c1O. The van der Waals surface area contributed by atoms with Crippen molar-refractivity contribution in [2.75, 3.05) is 10.4 Å². The first-order chi connectivity index (χ1) is 15.4. The molecular weight excluding hydrogens is 428 g/mol. The third-order valence-corrected chi connectivity index (χ3v) is 6.60. The minimum atomic E-state index is -1.02. The zero-order chi connectivity index (χ0) is 22.4. The topological polar surface area (TPSA) is 115 Å². The van der Waals surface area contributed by atoms with Gasteiger partial charge in [0.1, 0.15) is 10.6 Å². The number of amides is 1. The minimum absolute atomic E-state index is 0.0881. The average molecular weight is 446 g/mol. The van der Waals surface area contributed by atoms with E-state index in [0.29, 0.717) is 27.5 Å². The fourth-order valence-electron chi connectivity index (χ4n) is 3.66. The minimum Gasteiger partial charge on any atom is -0.505 e. The number of nitrogens with zero attached hydrogens (tertiary/aromatic N) is 3. The van der Waals surface area contributed by atoms with E-state index in [1.54, 1.807) is 31.2 Å². The summed E-state index contributed by atoms with van der Waals surface area (Å²) in [7, 11) is 0. The molecule has 0 atom stereocenters. The number of para-hydroxylation sites is 1. The molecule has 32 heavy (non-hydrogen) atoms. The lowest BCUT2D eigenvalue weighted by molar-refractivity contribution is -0.112. The number of fused-ring (bicyclic) bond motifs is 1. The predicted molar refractivity (Wildman–Crippen MR) is 124 cm³/mol. The summed E-state index contributed by atoms with van der Waals surface area (Å²) in [4.78, 5) is 24.8. The summed E-state index contributed by atoms with van der Waals surface area (Å²) in [6.45, 7) is 1.70. The number of hydrogen-bond acceptors (Lipinski definition) is 7. The second-order valence-electron chi connectivity index (χ2n) is 7.50. The van der Waals surface area contributed by atoms with Gasteiger partial charge in [0.15, 0.2) is 5.71 Å². The highest BCUT2D eigenvalue weighted by Crippen LogP contribution is 2.39. The number of aromatic carboxylic acids is 1. The summed E-state index contributed by atoms with van der Waals surface area (Å²) in [6, 6.07) is 14.0. The molecule has 8 nitrogen and oxygen atoms in total. The zero-order valence-corrected chi connectivity index (χ0v) is 17.8. The molecule has 1 amide bonds. The van der Waals surface area contributed by atoms with Gasteiger partial charge in [0.25, 0.3) is 0 Å². The molecule has 0 fully saturated rings. The molecule has 0 unspecified atom stereocenters. The van der Waals surface area contributed by atoms with Crippen LogP contribution >= 0.6 is 11.3 Å². The molecule has 2 aliphatic rings. The number of carbonyl (C=O) groups excluding carboxylic acids is 1. The summed E-state index contributed by atoms with van der Waals surface area (Å²) < 4.78 is 0. The Bertz CT molecular complexity index is 1340. The monoisotopic (exact) mass is 446 g/mol. The summed E-state index contributed by atoms with van der Waals surface area (Å²) in [5.74, 6) is -1.46. The van der Waals surface area contributed by atoms with E-state index in [9.17, 15) is 14.7 Å². The Balaban J connectivity index is 1.39. The molecule has 2 heterocycles. The second-order valence-corrected chi connectivity index (χ2v) is 8.58. The lowest BCUT2D eigenvalue weighted by Crippen LogP contribution is -2.28. The van der Waals surface area contributed by atoms with Crippen LogP contribution in [-0.2, 0) is 17.6 Å². The number of hydrazone groups is 2. The standard InChI is InChI=1S/C23H18N4O4S/c1-12-20(22(29)27(26-12)15-8-7-13-5-6-14(13)11-15)25-24-17-4-2-3-16(21(17)28)18-9-10-19(32-18)23(30)31/h2-4,7-11,24,28H,5-6H2,1H3,(H,30,31). The first-order valence-electron chi connectivity index (χ1n) is 9.93. The van der Waals surface area contributed by atoms with Gasteiger partial charge in [-0.3, -0.25) is 10.2 Å². The number of aromatic hydroxyl groups is 1. The third kappa shape index (κ3) is 3.32. The normalized spacial score (nSPS) is 16.0. The largest absolute Gasteiger partial charge is 0.505 e. The van der Waals surface area contributed by atoms with Crippen LogP contribution in [0.2, 0.25) is 0 Å². The maximum Gasteiger partial charge on any atom is 0.345 e. The molecule has 0 bridgehead atoms. The van der Waals surface area contributed by atoms with Crippen LogP contribution in [0, 0.1) is 0 Å². The van der Waals surface area contributed by atoms with E-state index < -0.39 is 5.97 Å². The van der Waals surface area contributed by atoms with E-state index in [1.807, 2.05) is 18.2 Å². The number of benzene rings is 2. The molecule has 9 heteroatoms. The van der Waals surface area contributed by atoms with Crippen molar-refractivity contribution < 1.29 is 19.8 Å². The highest BCUT2D eigenvalue weighted by molar-refractivity contribution is 7.17. The molecule has 3 N–H and O–H groups in total. The number of nitrogens with one attached hydrogen (secondary N) is 1. The van der Waals surface area contributed by atoms with Crippen molar-refractivity contribution in [3.05, 3.63) is 64.5 Å². The average Bonchev–Trinajstić information content (AvgIpc) is 3.34. The van der Waals surface area contributed by atoms with Gasteiger partial charge in [-0.05, 0) is 67.3 Å². The maximum absolute atomic E-state index is 12.9. The number of aryl methyl sites for hydroxylation is 2. The fourth-order valence-corrected chi connectivity index (χ4v) is 4.53. The molecule has 0 saturated heterocycles. The van der Waals surface area contributed by atoms with Crippen LogP contribution in [-0.4, -0.2) is 33.5 Å². The Morgan fingerprint density at radius 3 is 2.66 bits per heavy atom. The van der Waals surface area contributed by atoms with Gasteiger partial charge in [-0.25, -0.2) is 4.79 Å². The third-order valence-electron chi connectivity index (χ3n) is 5.49. The van der Waals surface area contributed by atoms with E-state index in [-0.39, 0.29) is 22.2 Å². The van der Waals surface area contributed by atoms with Gasteiger partial charge in [0.05, 0.1) is 17.1 Å². The maximum atomic E-state index is 12.9. The number of rotatable bonds is 5. The zero-order valence-electron chi connectivity index (χ0n) is 17.0. The number of carbonyl (C=O) groups is 2. The Kier molecular flexibility index (Phi) is 4.75. The van der Waals surface area contributed by atoms with Crippen LogP contribution in [0.1, 0.15) is 27.7 Å². The highest BCUT2D eigenvalue weighted by atomic mass is 32.1. The first kappa shape index (κ1) is 20.0. The summed E-state index contributed by atoms with van der Waals surface area (Å²) >= 11 is 1.06. The van der Waals surface area contributed by atoms with Gasteiger partial charge >= 0.3 is 11.9 Å². The van der Waals surface area contributed by atoms with Crippen LogP contribution < -0.4 is 10.4 Å². The van der Waals surface area contributed by atoms with Crippen molar-refractivity contribution >= 4 is 46.0 Å². The lowest BCUT2D eigenvalue weighted by Gasteiger charge is -2.21. The summed E-state index contributed by atoms with van der Waals surface area (Å²) in [6.07, 6.45) is 2.07. The molecule has 1 aliphatic carbocycles. The van der Waals surface area contributed by atoms with Crippen molar-refractivity contribution in [1.82, 2.24) is 0 Å². The van der Waals surface area contributed by atoms with Crippen LogP contribution in [0.3, 0.4) is 0 Å². The molecule has 2 aromatic carbocycles. The number of phenolic OH excluding ortho intramolecular Hbond substituents is 1. The van der Waals surface area contributed by atoms with Crippen LogP contribution in [0.4, 0.5) is 11.4 Å². The van der Waals surface area contributed by atoms with E-state index in [4.69, 9.17) is 5.11 Å². The Morgan fingerprint density at radius 2 is 1.97 bits per heavy atom. The van der Waals surface area contributed by atoms with Gasteiger partial charge in [-0.15, -0.1) is 11.3 Å². The van der Waals surface area contributed by atoms with Crippen molar-refractivity contribution in [3.8, 4) is 16.2 Å². The second kappa shape index (κ2) is 7.61. The van der Waals surface area contributed by atoms with Crippen LogP contribution in [0.25, 0.3) is 10.4 Å². The molecule has 1 aliphatic heterocycles. The Labute approximate surface area is 187 Å². The van der Waals surface area contributed by atoms with E-state index in [0.717, 1.165) is 24.2 Å². The van der Waals surface area contributed by atoms with E-state index in [1.165, 1.54) is 22.2 Å². The van der Waals surface area contributed by atoms with Gasteiger partial charge in [-0.1, -0.05) is 12.1 Å². The van der Waals surface area contributed by atoms with Crippen LogP contribution in [0.15, 0.2) is 58.7 Å². The predicted octanol–water partition coefficient (Wildman–Crippen LogP) is 4.11. The molecule has 3 aromatic rings. The molecular formula is C23H18N4O4S. The van der Waals surface area contributed by atoms with Gasteiger partial charge in [-0.2, -0.15) is 15.2 Å². The van der Waals surface area contributed by atoms with Crippen molar-refractivity contribution in [1.29, 1.82) is 0 Å². The number of carboxylic acid groups (broad SMARTS) is 1. The van der Waals surface area contributed by atoms with Gasteiger partial charge in [0.2, 0.25) is 0 Å². The van der Waals surface area contributed by atoms with E-state index in [2.05, 4.69) is 15.6 Å². The number of carboxylic acids is 1. The number of hydrogen-bond donors (Lipinski definition) is 3. The smallest absolute Gasteiger partial charge is 0.345 e. The Morgan fingerprint density at radius 1 is 1.16 bits per heavy atom. The fraction of sp³-hybridized carbons (Fsp3) is 0.130. The van der Waals surface area contributed by atoms with Gasteiger partial charge in [0, 0.05) is 10.4 Å². The lowest BCUT2D eigenvalue weighted by atomic mass is 9.88. The summed E-state index contributed by atoms with van der Waals surface area (Å²) in [5.41, 5.74) is 7.37. The molecule has 160 valence electrons.